The van der Waals surface area contributed by atoms with Gasteiger partial charge in [0.25, 0.3) is 17.4 Å². The first-order chi connectivity index (χ1) is 14.9. The molecule has 0 radical (unpaired) electrons. The van der Waals surface area contributed by atoms with Crippen molar-refractivity contribution in [1.29, 1.82) is 0 Å². The second kappa shape index (κ2) is 8.14. The normalized spacial score (nSPS) is 13.0. The van der Waals surface area contributed by atoms with Crippen LogP contribution in [0.15, 0.2) is 47.4 Å². The third-order valence-electron chi connectivity index (χ3n) is 5.23. The maximum atomic E-state index is 12.6. The van der Waals surface area contributed by atoms with Crippen LogP contribution < -0.4 is 5.56 Å². The molecule has 1 aliphatic heterocycles. The van der Waals surface area contributed by atoms with Gasteiger partial charge >= 0.3 is 5.97 Å². The molecule has 0 unspecified atom stereocenters. The first-order valence-electron chi connectivity index (χ1n) is 10.1. The van der Waals surface area contributed by atoms with Crippen LogP contribution in [0.3, 0.4) is 0 Å². The number of aromatic nitrogens is 2. The van der Waals surface area contributed by atoms with E-state index in [1.807, 2.05) is 19.9 Å². The molecule has 1 aromatic carbocycles. The van der Waals surface area contributed by atoms with Crippen LogP contribution in [-0.2, 0) is 11.3 Å². The highest BCUT2D eigenvalue weighted by molar-refractivity contribution is 6.21. The zero-order chi connectivity index (χ0) is 22.1. The number of aryl methyl sites for hydroxylation is 1. The first kappa shape index (κ1) is 20.5. The van der Waals surface area contributed by atoms with Crippen LogP contribution in [-0.4, -0.2) is 38.6 Å². The maximum absolute atomic E-state index is 12.6. The van der Waals surface area contributed by atoms with Crippen molar-refractivity contribution >= 4 is 23.4 Å². The Bertz CT molecular complexity index is 1280. The minimum absolute atomic E-state index is 0.158. The fraction of sp³-hybridized carbons (Fsp3) is 0.261. The molecule has 0 N–H and O–H groups in total. The molecule has 2 amide bonds. The van der Waals surface area contributed by atoms with Gasteiger partial charge in [0.05, 0.1) is 22.4 Å². The number of fused-ring (bicyclic) bond motifs is 2. The number of hydrogen-bond acceptors (Lipinski definition) is 6. The van der Waals surface area contributed by atoms with Gasteiger partial charge in [-0.1, -0.05) is 19.4 Å². The Morgan fingerprint density at radius 3 is 2.61 bits per heavy atom. The van der Waals surface area contributed by atoms with E-state index in [0.29, 0.717) is 17.9 Å². The van der Waals surface area contributed by atoms with Crippen LogP contribution in [0.5, 0.6) is 0 Å². The van der Waals surface area contributed by atoms with Gasteiger partial charge in [0.2, 0.25) is 0 Å². The van der Waals surface area contributed by atoms with E-state index in [-0.39, 0.29) is 34.8 Å². The lowest BCUT2D eigenvalue weighted by molar-refractivity contribution is 0.0467. The lowest BCUT2D eigenvalue weighted by Gasteiger charge is -2.12. The molecule has 0 aliphatic carbocycles. The fourth-order valence-corrected chi connectivity index (χ4v) is 3.54. The summed E-state index contributed by atoms with van der Waals surface area (Å²) < 4.78 is 6.74. The van der Waals surface area contributed by atoms with E-state index in [1.165, 1.54) is 33.6 Å². The molecule has 0 bridgehead atoms. The minimum Gasteiger partial charge on any atom is -0.456 e. The summed E-state index contributed by atoms with van der Waals surface area (Å²) in [5, 5.41) is 0. The predicted octanol–water partition coefficient (Wildman–Crippen LogP) is 2.76. The van der Waals surface area contributed by atoms with E-state index in [1.54, 1.807) is 12.3 Å². The van der Waals surface area contributed by atoms with Crippen LogP contribution in [0.1, 0.15) is 62.1 Å². The van der Waals surface area contributed by atoms with Gasteiger partial charge < -0.3 is 4.74 Å². The van der Waals surface area contributed by atoms with E-state index in [0.717, 1.165) is 18.4 Å². The summed E-state index contributed by atoms with van der Waals surface area (Å²) in [5.41, 5.74) is 2.02. The number of pyridine rings is 1. The van der Waals surface area contributed by atoms with E-state index < -0.39 is 11.9 Å². The monoisotopic (exact) mass is 419 g/mol. The standard InChI is InChI=1S/C23H21N3O5/c1-3-4-9-26-21(28)17-8-7-15(11-18(17)22(26)29)23(30)31-13-16-12-19(27)25-10-5-6-14(2)20(25)24-16/h5-8,10-12H,3-4,9,13H2,1-2H3. The number of benzene rings is 1. The highest BCUT2D eigenvalue weighted by Gasteiger charge is 2.35. The Morgan fingerprint density at radius 1 is 1.06 bits per heavy atom. The number of esters is 1. The third-order valence-corrected chi connectivity index (χ3v) is 5.23. The fourth-order valence-electron chi connectivity index (χ4n) is 3.54. The van der Waals surface area contributed by atoms with Gasteiger partial charge in [-0.3, -0.25) is 23.7 Å². The molecule has 0 spiro atoms. The van der Waals surface area contributed by atoms with Crippen molar-refractivity contribution in [2.45, 2.75) is 33.3 Å². The van der Waals surface area contributed by atoms with Crippen molar-refractivity contribution in [1.82, 2.24) is 14.3 Å². The highest BCUT2D eigenvalue weighted by Crippen LogP contribution is 2.25. The van der Waals surface area contributed by atoms with Crippen LogP contribution >= 0.6 is 0 Å². The zero-order valence-electron chi connectivity index (χ0n) is 17.3. The summed E-state index contributed by atoms with van der Waals surface area (Å²) in [4.78, 5) is 55.4. The van der Waals surface area contributed by atoms with Crippen LogP contribution in [0.25, 0.3) is 5.65 Å². The summed E-state index contributed by atoms with van der Waals surface area (Å²) in [7, 11) is 0. The molecule has 0 atom stereocenters. The minimum atomic E-state index is -0.665. The van der Waals surface area contributed by atoms with Crippen molar-refractivity contribution in [2.24, 2.45) is 0 Å². The summed E-state index contributed by atoms with van der Waals surface area (Å²) in [6.45, 7) is 3.98. The first-order valence-corrected chi connectivity index (χ1v) is 10.1. The molecule has 158 valence electrons. The van der Waals surface area contributed by atoms with Crippen LogP contribution in [0.4, 0.5) is 0 Å². The van der Waals surface area contributed by atoms with Crippen molar-refractivity contribution < 1.29 is 19.1 Å². The van der Waals surface area contributed by atoms with Crippen LogP contribution in [0, 0.1) is 6.92 Å². The highest BCUT2D eigenvalue weighted by atomic mass is 16.5. The van der Waals surface area contributed by atoms with Gasteiger partial charge in [0.1, 0.15) is 12.3 Å². The molecule has 0 saturated carbocycles. The van der Waals surface area contributed by atoms with Crippen molar-refractivity contribution in [3.8, 4) is 0 Å². The molecule has 0 fully saturated rings. The Kier molecular flexibility index (Phi) is 5.37. The number of imide groups is 1. The Balaban J connectivity index is 1.52. The molecule has 4 rings (SSSR count). The quantitative estimate of drug-likeness (QED) is 0.450. The number of rotatable bonds is 6. The van der Waals surface area contributed by atoms with Crippen LogP contribution in [0.2, 0.25) is 0 Å². The van der Waals surface area contributed by atoms with E-state index >= 15 is 0 Å². The number of carbonyl (C=O) groups excluding carboxylic acids is 3. The average molecular weight is 419 g/mol. The van der Waals surface area contributed by atoms with Crippen molar-refractivity contribution in [3.05, 3.63) is 80.9 Å². The lowest BCUT2D eigenvalue weighted by Crippen LogP contribution is -2.30. The van der Waals surface area contributed by atoms with Gasteiger partial charge in [-0.05, 0) is 43.2 Å². The van der Waals surface area contributed by atoms with Gasteiger partial charge in [-0.25, -0.2) is 9.78 Å². The molecule has 8 nitrogen and oxygen atoms in total. The Morgan fingerprint density at radius 2 is 1.84 bits per heavy atom. The number of amides is 2. The molecule has 3 aromatic rings. The smallest absolute Gasteiger partial charge is 0.338 e. The summed E-state index contributed by atoms with van der Waals surface area (Å²) in [6.07, 6.45) is 3.20. The van der Waals surface area contributed by atoms with Gasteiger partial charge in [0, 0.05) is 18.8 Å². The topological polar surface area (TPSA) is 98.1 Å². The molecule has 0 saturated heterocycles. The van der Waals surface area contributed by atoms with Crippen molar-refractivity contribution in [3.63, 3.8) is 0 Å². The predicted molar refractivity (Wildman–Crippen MR) is 112 cm³/mol. The molecule has 31 heavy (non-hydrogen) atoms. The van der Waals surface area contributed by atoms with E-state index in [4.69, 9.17) is 4.74 Å². The second-order valence-corrected chi connectivity index (χ2v) is 7.42. The van der Waals surface area contributed by atoms with Crippen molar-refractivity contribution in [2.75, 3.05) is 6.54 Å². The average Bonchev–Trinajstić information content (AvgIpc) is 3.00. The van der Waals surface area contributed by atoms with Gasteiger partial charge in [-0.15, -0.1) is 0 Å². The Hall–Kier alpha value is -3.81. The summed E-state index contributed by atoms with van der Waals surface area (Å²) in [6, 6.07) is 9.23. The van der Waals surface area contributed by atoms with Gasteiger partial charge in [-0.2, -0.15) is 0 Å². The lowest BCUT2D eigenvalue weighted by atomic mass is 10.1. The number of carbonyl (C=O) groups is 3. The van der Waals surface area contributed by atoms with Gasteiger partial charge in [0.15, 0.2) is 0 Å². The number of hydrogen-bond donors (Lipinski definition) is 0. The SMILES string of the molecule is CCCCN1C(=O)c2ccc(C(=O)OCc3cc(=O)n4cccc(C)c4n3)cc2C1=O. The molecular weight excluding hydrogens is 398 g/mol. The molecule has 3 heterocycles. The largest absolute Gasteiger partial charge is 0.456 e. The van der Waals surface area contributed by atoms with E-state index in [2.05, 4.69) is 4.98 Å². The zero-order valence-corrected chi connectivity index (χ0v) is 17.3. The number of nitrogens with zero attached hydrogens (tertiary/aromatic N) is 3. The molecular formula is C23H21N3O5. The number of unbranched alkanes of at least 4 members (excludes halogenated alkanes) is 1. The third kappa shape index (κ3) is 3.72. The molecule has 2 aromatic heterocycles. The summed E-state index contributed by atoms with van der Waals surface area (Å²) >= 11 is 0. The molecule has 8 heteroatoms. The summed E-state index contributed by atoms with van der Waals surface area (Å²) in [5.74, 6) is -1.41. The number of ether oxygens (including phenoxy) is 1. The second-order valence-electron chi connectivity index (χ2n) is 7.42. The maximum Gasteiger partial charge on any atom is 0.338 e. The molecule has 1 aliphatic rings. The Labute approximate surface area is 178 Å². The van der Waals surface area contributed by atoms with E-state index in [9.17, 15) is 19.2 Å².